The number of hydrogen-bond acceptors (Lipinski definition) is 4. The summed E-state index contributed by atoms with van der Waals surface area (Å²) in [5.41, 5.74) is 0.171. The highest BCUT2D eigenvalue weighted by Gasteiger charge is 2.27. The first-order valence-electron chi connectivity index (χ1n) is 7.05. The zero-order chi connectivity index (χ0) is 17.0. The van der Waals surface area contributed by atoms with Crippen molar-refractivity contribution < 1.29 is 18.4 Å². The van der Waals surface area contributed by atoms with Crippen molar-refractivity contribution in [3.05, 3.63) is 23.9 Å². The Kier molecular flexibility index (Phi) is 5.75. The van der Waals surface area contributed by atoms with E-state index in [0.29, 0.717) is 26.2 Å². The molecule has 0 atom stereocenters. The molecule has 126 valence electrons. The third-order valence-electron chi connectivity index (χ3n) is 3.42. The largest absolute Gasteiger partial charge is 0.335 e. The van der Waals surface area contributed by atoms with Crippen molar-refractivity contribution in [1.82, 2.24) is 19.7 Å². The first kappa shape index (κ1) is 17.5. The van der Waals surface area contributed by atoms with E-state index in [1.165, 1.54) is 17.2 Å². The van der Waals surface area contributed by atoms with Gasteiger partial charge in [0, 0.05) is 46.5 Å². The lowest BCUT2D eigenvalue weighted by atomic mass is 10.2. The molecule has 0 saturated carbocycles. The number of carbonyl (C=O) groups is 2. The lowest BCUT2D eigenvalue weighted by Crippen LogP contribution is -2.52. The number of rotatable bonds is 3. The Morgan fingerprint density at radius 3 is 2.39 bits per heavy atom. The Labute approximate surface area is 137 Å². The second kappa shape index (κ2) is 7.58. The van der Waals surface area contributed by atoms with Crippen molar-refractivity contribution in [2.24, 2.45) is 0 Å². The van der Waals surface area contributed by atoms with Crippen molar-refractivity contribution >= 4 is 23.7 Å². The summed E-state index contributed by atoms with van der Waals surface area (Å²) in [6, 6.07) is 2.94. The summed E-state index contributed by atoms with van der Waals surface area (Å²) in [6.07, 6.45) is 1.38. The Morgan fingerprint density at radius 1 is 1.22 bits per heavy atom. The molecule has 2 heterocycles. The van der Waals surface area contributed by atoms with E-state index in [4.69, 9.17) is 0 Å². The fourth-order valence-corrected chi connectivity index (χ4v) is 2.86. The molecule has 0 radical (unpaired) electrons. The number of thioether (sulfide) groups is 1. The fourth-order valence-electron chi connectivity index (χ4n) is 2.29. The van der Waals surface area contributed by atoms with Crippen LogP contribution in [0.15, 0.2) is 23.4 Å². The van der Waals surface area contributed by atoms with Crippen LogP contribution in [0.4, 0.5) is 13.6 Å². The number of alkyl halides is 2. The van der Waals surface area contributed by atoms with Gasteiger partial charge in [-0.2, -0.15) is 8.78 Å². The predicted octanol–water partition coefficient (Wildman–Crippen LogP) is 1.84. The van der Waals surface area contributed by atoms with Gasteiger partial charge in [-0.3, -0.25) is 4.79 Å². The Hall–Kier alpha value is -1.90. The van der Waals surface area contributed by atoms with Crippen LogP contribution >= 0.6 is 11.8 Å². The van der Waals surface area contributed by atoms with Gasteiger partial charge in [0.25, 0.3) is 11.7 Å². The minimum absolute atomic E-state index is 0.0271. The lowest BCUT2D eigenvalue weighted by molar-refractivity contribution is 0.0646. The van der Waals surface area contributed by atoms with E-state index in [9.17, 15) is 18.4 Å². The molecule has 1 aromatic heterocycles. The maximum absolute atomic E-state index is 12.6. The SMILES string of the molecule is CN(C)C(=O)N1CCN(C(=O)c2cccnc2SC(F)F)CC1. The summed E-state index contributed by atoms with van der Waals surface area (Å²) in [4.78, 5) is 33.0. The zero-order valence-electron chi connectivity index (χ0n) is 12.9. The normalized spacial score (nSPS) is 15.0. The van der Waals surface area contributed by atoms with E-state index >= 15 is 0 Å². The monoisotopic (exact) mass is 344 g/mol. The molecule has 6 nitrogen and oxygen atoms in total. The highest BCUT2D eigenvalue weighted by molar-refractivity contribution is 7.99. The molecular weight excluding hydrogens is 326 g/mol. The van der Waals surface area contributed by atoms with Gasteiger partial charge >= 0.3 is 6.03 Å². The minimum Gasteiger partial charge on any atom is -0.335 e. The predicted molar refractivity (Wildman–Crippen MR) is 82.7 cm³/mol. The van der Waals surface area contributed by atoms with E-state index in [1.807, 2.05) is 0 Å². The molecule has 1 aromatic rings. The highest BCUT2D eigenvalue weighted by Crippen LogP contribution is 2.27. The topological polar surface area (TPSA) is 56.8 Å². The molecule has 1 fully saturated rings. The van der Waals surface area contributed by atoms with Gasteiger partial charge in [-0.1, -0.05) is 0 Å². The van der Waals surface area contributed by atoms with Gasteiger partial charge in [0.15, 0.2) is 0 Å². The number of aromatic nitrogens is 1. The highest BCUT2D eigenvalue weighted by atomic mass is 32.2. The van der Waals surface area contributed by atoms with Crippen LogP contribution in [0.5, 0.6) is 0 Å². The van der Waals surface area contributed by atoms with Crippen LogP contribution < -0.4 is 0 Å². The van der Waals surface area contributed by atoms with Crippen LogP contribution in [0, 0.1) is 0 Å². The summed E-state index contributed by atoms with van der Waals surface area (Å²) in [7, 11) is 3.34. The molecule has 0 N–H and O–H groups in total. The van der Waals surface area contributed by atoms with Gasteiger partial charge < -0.3 is 14.7 Å². The van der Waals surface area contributed by atoms with Gasteiger partial charge in [-0.25, -0.2) is 9.78 Å². The van der Waals surface area contributed by atoms with Crippen LogP contribution in [0.25, 0.3) is 0 Å². The molecule has 9 heteroatoms. The first-order chi connectivity index (χ1) is 10.9. The molecule has 1 aliphatic rings. The summed E-state index contributed by atoms with van der Waals surface area (Å²) in [6.45, 7) is 1.57. The molecule has 0 unspecified atom stereocenters. The van der Waals surface area contributed by atoms with Gasteiger partial charge in [0.1, 0.15) is 5.03 Å². The average Bonchev–Trinajstić information content (AvgIpc) is 2.53. The minimum atomic E-state index is -2.63. The second-order valence-corrected chi connectivity index (χ2v) is 6.17. The van der Waals surface area contributed by atoms with E-state index in [1.54, 1.807) is 30.0 Å². The number of urea groups is 1. The van der Waals surface area contributed by atoms with E-state index in [2.05, 4.69) is 4.98 Å². The molecule has 0 aliphatic carbocycles. The van der Waals surface area contributed by atoms with Gasteiger partial charge in [0.05, 0.1) is 5.56 Å². The summed E-state index contributed by atoms with van der Waals surface area (Å²) in [5.74, 6) is -2.97. The fraction of sp³-hybridized carbons (Fsp3) is 0.500. The number of amides is 3. The number of carbonyl (C=O) groups excluding carboxylic acids is 2. The maximum Gasteiger partial charge on any atom is 0.319 e. The molecule has 0 spiro atoms. The second-order valence-electron chi connectivity index (χ2n) is 5.19. The Morgan fingerprint density at radius 2 is 1.83 bits per heavy atom. The van der Waals surface area contributed by atoms with Crippen molar-refractivity contribution in [2.75, 3.05) is 40.3 Å². The Balaban J connectivity index is 2.04. The summed E-state index contributed by atoms with van der Waals surface area (Å²) < 4.78 is 25.1. The van der Waals surface area contributed by atoms with Crippen LogP contribution in [0.2, 0.25) is 0 Å². The van der Waals surface area contributed by atoms with Gasteiger partial charge in [0.2, 0.25) is 0 Å². The van der Waals surface area contributed by atoms with Crippen LogP contribution in [0.3, 0.4) is 0 Å². The van der Waals surface area contributed by atoms with Crippen LogP contribution in [0.1, 0.15) is 10.4 Å². The number of halogens is 2. The molecular formula is C14H18F2N4O2S. The molecule has 0 aromatic carbocycles. The lowest BCUT2D eigenvalue weighted by Gasteiger charge is -2.36. The number of hydrogen-bond donors (Lipinski definition) is 0. The van der Waals surface area contributed by atoms with E-state index < -0.39 is 5.76 Å². The molecule has 1 aliphatic heterocycles. The van der Waals surface area contributed by atoms with Crippen molar-refractivity contribution in [2.45, 2.75) is 10.8 Å². The zero-order valence-corrected chi connectivity index (χ0v) is 13.7. The summed E-state index contributed by atoms with van der Waals surface area (Å²) in [5, 5.41) is 0.0271. The standard InChI is InChI=1S/C14H18F2N4O2S/c1-18(2)14(22)20-8-6-19(7-9-20)12(21)10-4-3-5-17-11(10)23-13(15)16/h3-5,13H,6-9H2,1-2H3. The molecule has 2 rings (SSSR count). The molecule has 0 bridgehead atoms. The number of pyridine rings is 1. The smallest absolute Gasteiger partial charge is 0.319 e. The maximum atomic E-state index is 12.6. The number of piperazine rings is 1. The average molecular weight is 344 g/mol. The molecule has 3 amide bonds. The van der Waals surface area contributed by atoms with Crippen LogP contribution in [-0.4, -0.2) is 77.7 Å². The summed E-state index contributed by atoms with van der Waals surface area (Å²) >= 11 is 0.264. The van der Waals surface area contributed by atoms with E-state index in [0.717, 1.165) is 0 Å². The molecule has 1 saturated heterocycles. The van der Waals surface area contributed by atoms with Crippen molar-refractivity contribution in [3.63, 3.8) is 0 Å². The third kappa shape index (κ3) is 4.31. The van der Waals surface area contributed by atoms with Crippen molar-refractivity contribution in [3.8, 4) is 0 Å². The van der Waals surface area contributed by atoms with Crippen molar-refractivity contribution in [1.29, 1.82) is 0 Å². The van der Waals surface area contributed by atoms with Crippen LogP contribution in [-0.2, 0) is 0 Å². The number of nitrogens with zero attached hydrogens (tertiary/aromatic N) is 4. The Bertz CT molecular complexity index is 578. The first-order valence-corrected chi connectivity index (χ1v) is 7.93. The molecule has 23 heavy (non-hydrogen) atoms. The van der Waals surface area contributed by atoms with E-state index in [-0.39, 0.29) is 34.3 Å². The quantitative estimate of drug-likeness (QED) is 0.785. The third-order valence-corrected chi connectivity index (χ3v) is 4.15. The van der Waals surface area contributed by atoms with Gasteiger partial charge in [-0.15, -0.1) is 0 Å². The van der Waals surface area contributed by atoms with Gasteiger partial charge in [-0.05, 0) is 23.9 Å².